The van der Waals surface area contributed by atoms with Crippen LogP contribution in [0.2, 0.25) is 0 Å². The van der Waals surface area contributed by atoms with Crippen LogP contribution in [0.4, 0.5) is 5.13 Å². The van der Waals surface area contributed by atoms with Gasteiger partial charge in [-0.25, -0.2) is 4.79 Å². The molecule has 1 fully saturated rings. The molecule has 1 N–H and O–H groups in total. The highest BCUT2D eigenvalue weighted by atomic mass is 32.2. The average molecular weight is 546 g/mol. The third kappa shape index (κ3) is 6.89. The van der Waals surface area contributed by atoms with Crippen molar-refractivity contribution < 1.29 is 33.0 Å². The second kappa shape index (κ2) is 11.9. The Bertz CT molecular complexity index is 1360. The molecule has 0 aliphatic heterocycles. The third-order valence-corrected chi connectivity index (χ3v) is 7.08. The van der Waals surface area contributed by atoms with E-state index in [1.165, 1.54) is 62.6 Å². The van der Waals surface area contributed by atoms with Crippen LogP contribution in [0, 0.1) is 5.92 Å². The maximum Gasteiger partial charge on any atom is 0.336 e. The number of rotatable bonds is 11. The topological polar surface area (TPSA) is 139 Å². The minimum Gasteiger partial charge on any atom is -0.493 e. The number of amides is 1. The highest BCUT2D eigenvalue weighted by molar-refractivity contribution is 8.00. The molecule has 1 aliphatic carbocycles. The van der Waals surface area contributed by atoms with Crippen LogP contribution < -0.4 is 29.7 Å². The minimum absolute atomic E-state index is 0.0397. The van der Waals surface area contributed by atoms with Gasteiger partial charge in [-0.3, -0.25) is 9.59 Å². The Balaban J connectivity index is 1.33. The number of methoxy groups -OCH3 is 3. The molecule has 2 aromatic heterocycles. The van der Waals surface area contributed by atoms with Gasteiger partial charge in [-0.05, 0) is 36.6 Å². The van der Waals surface area contributed by atoms with Crippen LogP contribution in [0.1, 0.15) is 24.2 Å². The van der Waals surface area contributed by atoms with Gasteiger partial charge in [-0.1, -0.05) is 23.1 Å². The molecular weight excluding hydrogens is 522 g/mol. The Morgan fingerprint density at radius 2 is 1.84 bits per heavy atom. The highest BCUT2D eigenvalue weighted by Crippen LogP contribution is 2.38. The zero-order valence-corrected chi connectivity index (χ0v) is 21.8. The molecule has 0 bridgehead atoms. The lowest BCUT2D eigenvalue weighted by Crippen LogP contribution is -2.12. The summed E-state index contributed by atoms with van der Waals surface area (Å²) in [4.78, 5) is 36.5. The van der Waals surface area contributed by atoms with Crippen molar-refractivity contribution in [2.75, 3.05) is 26.6 Å². The van der Waals surface area contributed by atoms with Crippen LogP contribution in [0.25, 0.3) is 6.08 Å². The fourth-order valence-corrected chi connectivity index (χ4v) is 4.74. The number of anilines is 1. The molecule has 3 aromatic rings. The van der Waals surface area contributed by atoms with Crippen LogP contribution in [0.5, 0.6) is 23.0 Å². The largest absolute Gasteiger partial charge is 0.493 e. The van der Waals surface area contributed by atoms with Crippen LogP contribution >= 0.6 is 23.1 Å². The fourth-order valence-electron chi connectivity index (χ4n) is 3.10. The monoisotopic (exact) mass is 545 g/mol. The molecular formula is C24H23N3O8S2. The van der Waals surface area contributed by atoms with E-state index in [4.69, 9.17) is 23.4 Å². The number of nitrogens with one attached hydrogen (secondary N) is 1. The van der Waals surface area contributed by atoms with Crippen LogP contribution in [0.3, 0.4) is 0 Å². The lowest BCUT2D eigenvalue weighted by molar-refractivity contribution is -0.129. The number of thioether (sulfide) groups is 1. The smallest absolute Gasteiger partial charge is 0.336 e. The molecule has 0 unspecified atom stereocenters. The summed E-state index contributed by atoms with van der Waals surface area (Å²) in [5.74, 6) is 0.971. The van der Waals surface area contributed by atoms with Gasteiger partial charge in [0.15, 0.2) is 15.8 Å². The quantitative estimate of drug-likeness (QED) is 0.163. The molecule has 11 nitrogen and oxygen atoms in total. The van der Waals surface area contributed by atoms with Gasteiger partial charge in [0.25, 0.3) is 0 Å². The molecule has 0 saturated heterocycles. The van der Waals surface area contributed by atoms with E-state index in [9.17, 15) is 14.4 Å². The van der Waals surface area contributed by atoms with E-state index in [-0.39, 0.29) is 17.6 Å². The first-order valence-electron chi connectivity index (χ1n) is 11.0. The molecule has 1 aliphatic rings. The summed E-state index contributed by atoms with van der Waals surface area (Å²) in [6.45, 7) is 0. The highest BCUT2D eigenvalue weighted by Gasteiger charge is 2.30. The summed E-state index contributed by atoms with van der Waals surface area (Å²) in [6.07, 6.45) is 5.55. The molecule has 1 amide bonds. The minimum atomic E-state index is -0.766. The SMILES string of the molecule is COc1cc(C=CC(=O)Oc2coc(CSc3nnc(NC(=O)C4CC4)s3)cc2=O)cc(OC)c1OC. The number of benzene rings is 1. The number of aromatic nitrogens is 2. The Morgan fingerprint density at radius 3 is 2.46 bits per heavy atom. The standard InChI is InChI=1S/C24H23N3O8S2/c1-31-17-8-13(9-18(32-2)21(17)33-3)4-7-20(29)35-19-11-34-15(10-16(19)28)12-36-24-27-26-23(37-24)25-22(30)14-5-6-14/h4,7-11,14H,5-6,12H2,1-3H3,(H,25,26,30). The summed E-state index contributed by atoms with van der Waals surface area (Å²) < 4.78 is 27.0. The molecule has 13 heteroatoms. The maximum atomic E-state index is 12.4. The van der Waals surface area contributed by atoms with E-state index in [0.717, 1.165) is 19.1 Å². The summed E-state index contributed by atoms with van der Waals surface area (Å²) >= 11 is 2.54. The van der Waals surface area contributed by atoms with E-state index in [1.54, 1.807) is 12.1 Å². The van der Waals surface area contributed by atoms with Crippen molar-refractivity contribution in [2.24, 2.45) is 5.92 Å². The summed E-state index contributed by atoms with van der Waals surface area (Å²) in [5.41, 5.74) is 0.0869. The number of esters is 1. The maximum absolute atomic E-state index is 12.4. The number of hydrogen-bond donors (Lipinski definition) is 1. The molecule has 0 spiro atoms. The normalized spacial score (nSPS) is 12.8. The molecule has 4 rings (SSSR count). The van der Waals surface area contributed by atoms with Crippen LogP contribution in [-0.4, -0.2) is 43.4 Å². The van der Waals surface area contributed by atoms with Gasteiger partial charge in [0.05, 0.1) is 27.1 Å². The van der Waals surface area contributed by atoms with E-state index in [1.807, 2.05) is 0 Å². The Morgan fingerprint density at radius 1 is 1.11 bits per heavy atom. The number of nitrogens with zero attached hydrogens (tertiary/aromatic N) is 2. The van der Waals surface area contributed by atoms with Crippen LogP contribution in [0.15, 0.2) is 44.1 Å². The lowest BCUT2D eigenvalue weighted by atomic mass is 10.1. The second-order valence-electron chi connectivity index (χ2n) is 7.71. The summed E-state index contributed by atoms with van der Waals surface area (Å²) in [6, 6.07) is 4.57. The Labute approximate surface area is 219 Å². The third-order valence-electron chi connectivity index (χ3n) is 5.08. The van der Waals surface area contributed by atoms with Gasteiger partial charge in [0, 0.05) is 18.1 Å². The van der Waals surface area contributed by atoms with Crippen molar-refractivity contribution in [3.63, 3.8) is 0 Å². The van der Waals surface area contributed by atoms with E-state index >= 15 is 0 Å². The average Bonchev–Trinajstić information content (AvgIpc) is 3.67. The second-order valence-corrected chi connectivity index (χ2v) is 9.91. The first-order chi connectivity index (χ1) is 17.9. The summed E-state index contributed by atoms with van der Waals surface area (Å²) in [5, 5.41) is 11.1. The van der Waals surface area contributed by atoms with Gasteiger partial charge in [0.1, 0.15) is 12.0 Å². The molecule has 2 heterocycles. The predicted molar refractivity (Wildman–Crippen MR) is 137 cm³/mol. The van der Waals surface area contributed by atoms with Gasteiger partial charge >= 0.3 is 5.97 Å². The summed E-state index contributed by atoms with van der Waals surface area (Å²) in [7, 11) is 4.47. The van der Waals surface area contributed by atoms with E-state index < -0.39 is 11.4 Å². The molecule has 0 radical (unpaired) electrons. The van der Waals surface area contributed by atoms with Gasteiger partial charge in [-0.15, -0.1) is 10.2 Å². The fraction of sp³-hybridized carbons (Fsp3) is 0.292. The number of ether oxygens (including phenoxy) is 4. The van der Waals surface area contributed by atoms with Gasteiger partial charge < -0.3 is 28.7 Å². The first kappa shape index (κ1) is 26.2. The van der Waals surface area contributed by atoms with E-state index in [2.05, 4.69) is 15.5 Å². The van der Waals surface area contributed by atoms with Crippen LogP contribution in [-0.2, 0) is 15.3 Å². The molecule has 0 atom stereocenters. The zero-order valence-electron chi connectivity index (χ0n) is 20.1. The first-order valence-corrected chi connectivity index (χ1v) is 12.8. The Kier molecular flexibility index (Phi) is 8.46. The number of carbonyl (C=O) groups is 2. The molecule has 1 aromatic carbocycles. The Hall–Kier alpha value is -3.84. The van der Waals surface area contributed by atoms with Crippen molar-refractivity contribution in [1.82, 2.24) is 10.2 Å². The van der Waals surface area contributed by atoms with Crippen molar-refractivity contribution >= 4 is 46.2 Å². The van der Waals surface area contributed by atoms with Gasteiger partial charge in [0.2, 0.25) is 28.0 Å². The van der Waals surface area contributed by atoms with E-state index in [0.29, 0.717) is 43.8 Å². The van der Waals surface area contributed by atoms with Crippen molar-refractivity contribution in [3.05, 3.63) is 52.1 Å². The predicted octanol–water partition coefficient (Wildman–Crippen LogP) is 3.78. The number of carbonyl (C=O) groups excluding carboxylic acids is 2. The zero-order chi connectivity index (χ0) is 26.4. The molecule has 194 valence electrons. The van der Waals surface area contributed by atoms with Crippen molar-refractivity contribution in [1.29, 1.82) is 0 Å². The van der Waals surface area contributed by atoms with Gasteiger partial charge in [-0.2, -0.15) is 0 Å². The van der Waals surface area contributed by atoms with Crippen molar-refractivity contribution in [2.45, 2.75) is 22.9 Å². The molecule has 37 heavy (non-hydrogen) atoms. The molecule has 1 saturated carbocycles. The number of hydrogen-bond acceptors (Lipinski definition) is 12. The van der Waals surface area contributed by atoms with Crippen molar-refractivity contribution in [3.8, 4) is 23.0 Å². The lowest BCUT2D eigenvalue weighted by Gasteiger charge is -2.12.